The van der Waals surface area contributed by atoms with E-state index in [9.17, 15) is 8.42 Å². The molecule has 0 amide bonds. The fourth-order valence-electron chi connectivity index (χ4n) is 1.18. The van der Waals surface area contributed by atoms with E-state index in [1.165, 1.54) is 0 Å². The Labute approximate surface area is 101 Å². The van der Waals surface area contributed by atoms with Gasteiger partial charge in [0.2, 0.25) is 0 Å². The van der Waals surface area contributed by atoms with Crippen LogP contribution in [0.15, 0.2) is 18.2 Å². The molecule has 4 nitrogen and oxygen atoms in total. The Bertz CT molecular complexity index is 460. The maximum Gasteiger partial charge on any atom is 0.151 e. The van der Waals surface area contributed by atoms with Gasteiger partial charge in [-0.3, -0.25) is 0 Å². The molecule has 1 rings (SSSR count). The summed E-state index contributed by atoms with van der Waals surface area (Å²) in [6.07, 6.45) is 0. The fraction of sp³-hybridized carbons (Fsp3) is 0.400. The Hall–Kier alpha value is -0.940. The number of hydrogen-bond acceptors (Lipinski definition) is 4. The van der Waals surface area contributed by atoms with E-state index < -0.39 is 9.84 Å². The van der Waals surface area contributed by atoms with E-state index in [-0.39, 0.29) is 11.5 Å². The van der Waals surface area contributed by atoms with Gasteiger partial charge < -0.3 is 11.1 Å². The molecule has 0 fully saturated rings. The zero-order valence-corrected chi connectivity index (χ0v) is 10.6. The minimum absolute atomic E-state index is 0.103. The van der Waals surface area contributed by atoms with Gasteiger partial charge in [-0.15, -0.1) is 0 Å². The average molecular weight is 263 g/mol. The summed E-state index contributed by atoms with van der Waals surface area (Å²) in [6.45, 7) is 1.98. The molecule has 0 atom stereocenters. The number of rotatable bonds is 5. The van der Waals surface area contributed by atoms with Gasteiger partial charge in [0.15, 0.2) is 9.84 Å². The van der Waals surface area contributed by atoms with Crippen LogP contribution in [-0.2, 0) is 9.84 Å². The summed E-state index contributed by atoms with van der Waals surface area (Å²) in [5.74, 6) is 0.260. The van der Waals surface area contributed by atoms with Gasteiger partial charge in [0.25, 0.3) is 0 Å². The van der Waals surface area contributed by atoms with Crippen molar-refractivity contribution in [3.8, 4) is 0 Å². The molecule has 0 aliphatic rings. The van der Waals surface area contributed by atoms with Crippen molar-refractivity contribution in [2.45, 2.75) is 6.92 Å². The zero-order valence-electron chi connectivity index (χ0n) is 9.03. The number of nitrogen functional groups attached to an aromatic ring is 1. The number of hydrogen-bond donors (Lipinski definition) is 2. The highest BCUT2D eigenvalue weighted by atomic mass is 35.5. The lowest BCUT2D eigenvalue weighted by atomic mass is 10.3. The molecule has 0 saturated carbocycles. The highest BCUT2D eigenvalue weighted by molar-refractivity contribution is 7.91. The van der Waals surface area contributed by atoms with Crippen LogP contribution in [0, 0.1) is 0 Å². The highest BCUT2D eigenvalue weighted by Gasteiger charge is 2.07. The molecular formula is C10H15ClN2O2S. The van der Waals surface area contributed by atoms with Crippen molar-refractivity contribution in [3.05, 3.63) is 23.2 Å². The van der Waals surface area contributed by atoms with Crippen LogP contribution in [0.1, 0.15) is 6.92 Å². The largest absolute Gasteiger partial charge is 0.397 e. The SMILES string of the molecule is CCS(=O)(=O)CCNc1ccc(Cl)cc1N. The van der Waals surface area contributed by atoms with Crippen molar-refractivity contribution in [2.24, 2.45) is 0 Å². The van der Waals surface area contributed by atoms with E-state index in [1.807, 2.05) is 0 Å². The van der Waals surface area contributed by atoms with E-state index in [1.54, 1.807) is 25.1 Å². The highest BCUT2D eigenvalue weighted by Crippen LogP contribution is 2.22. The van der Waals surface area contributed by atoms with Crippen LogP contribution in [-0.4, -0.2) is 26.5 Å². The third-order valence-electron chi connectivity index (χ3n) is 2.18. The van der Waals surface area contributed by atoms with Gasteiger partial charge in [-0.1, -0.05) is 18.5 Å². The topological polar surface area (TPSA) is 72.2 Å². The van der Waals surface area contributed by atoms with Crippen LogP contribution in [0.4, 0.5) is 11.4 Å². The van der Waals surface area contributed by atoms with E-state index in [0.29, 0.717) is 22.9 Å². The predicted octanol–water partition coefficient (Wildman–Crippen LogP) is 1.77. The number of anilines is 2. The van der Waals surface area contributed by atoms with Crippen molar-refractivity contribution in [1.29, 1.82) is 0 Å². The first-order valence-corrected chi connectivity index (χ1v) is 7.14. The second kappa shape index (κ2) is 5.41. The molecule has 0 radical (unpaired) electrons. The van der Waals surface area contributed by atoms with E-state index in [0.717, 1.165) is 0 Å². The van der Waals surface area contributed by atoms with Crippen molar-refractivity contribution in [1.82, 2.24) is 0 Å². The summed E-state index contributed by atoms with van der Waals surface area (Å²) < 4.78 is 22.5. The molecule has 0 aliphatic carbocycles. The molecule has 0 spiro atoms. The van der Waals surface area contributed by atoms with Gasteiger partial charge in [0.05, 0.1) is 17.1 Å². The molecule has 0 saturated heterocycles. The lowest BCUT2D eigenvalue weighted by Crippen LogP contribution is -2.17. The monoisotopic (exact) mass is 262 g/mol. The van der Waals surface area contributed by atoms with Gasteiger partial charge in [-0.05, 0) is 18.2 Å². The maximum atomic E-state index is 11.2. The van der Waals surface area contributed by atoms with Crippen LogP contribution in [0.3, 0.4) is 0 Å². The average Bonchev–Trinajstić information content (AvgIpc) is 2.21. The Morgan fingerprint density at radius 2 is 2.12 bits per heavy atom. The summed E-state index contributed by atoms with van der Waals surface area (Å²) in [5, 5.41) is 3.53. The summed E-state index contributed by atoms with van der Waals surface area (Å²) >= 11 is 5.74. The summed E-state index contributed by atoms with van der Waals surface area (Å²) in [5.41, 5.74) is 6.93. The molecule has 3 N–H and O–H groups in total. The fourth-order valence-corrected chi connectivity index (χ4v) is 2.06. The second-order valence-corrected chi connectivity index (χ2v) is 6.30. The number of nitrogens with two attached hydrogens (primary N) is 1. The second-order valence-electron chi connectivity index (χ2n) is 3.39. The lowest BCUT2D eigenvalue weighted by Gasteiger charge is -2.09. The van der Waals surface area contributed by atoms with E-state index >= 15 is 0 Å². The van der Waals surface area contributed by atoms with Crippen LogP contribution in [0.5, 0.6) is 0 Å². The predicted molar refractivity (Wildman–Crippen MR) is 68.7 cm³/mol. The Morgan fingerprint density at radius 3 is 2.69 bits per heavy atom. The zero-order chi connectivity index (χ0) is 12.2. The van der Waals surface area contributed by atoms with Crippen molar-refractivity contribution in [2.75, 3.05) is 29.1 Å². The smallest absolute Gasteiger partial charge is 0.151 e. The Balaban J connectivity index is 2.56. The maximum absolute atomic E-state index is 11.2. The summed E-state index contributed by atoms with van der Waals surface area (Å²) in [7, 11) is -2.94. The first-order valence-electron chi connectivity index (χ1n) is 4.94. The molecule has 0 aromatic heterocycles. The third-order valence-corrected chi connectivity index (χ3v) is 4.12. The van der Waals surface area contributed by atoms with E-state index in [2.05, 4.69) is 5.32 Å². The molecule has 16 heavy (non-hydrogen) atoms. The molecule has 90 valence electrons. The normalized spacial score (nSPS) is 11.4. The van der Waals surface area contributed by atoms with Gasteiger partial charge >= 0.3 is 0 Å². The number of halogens is 1. The third kappa shape index (κ3) is 3.90. The molecule has 0 bridgehead atoms. The molecule has 1 aromatic carbocycles. The molecule has 1 aromatic rings. The van der Waals surface area contributed by atoms with Gasteiger partial charge in [0.1, 0.15) is 0 Å². The molecule has 0 heterocycles. The number of sulfone groups is 1. The standard InChI is InChI=1S/C10H15ClN2O2S/c1-2-16(14,15)6-5-13-10-4-3-8(11)7-9(10)12/h3-4,7,13H,2,5-6,12H2,1H3. The quantitative estimate of drug-likeness (QED) is 0.794. The van der Waals surface area contributed by atoms with Gasteiger partial charge in [-0.25, -0.2) is 8.42 Å². The summed E-state index contributed by atoms with van der Waals surface area (Å²) in [4.78, 5) is 0. The lowest BCUT2D eigenvalue weighted by molar-refractivity contribution is 0.597. The van der Waals surface area contributed by atoms with Gasteiger partial charge in [-0.2, -0.15) is 0 Å². The van der Waals surface area contributed by atoms with Crippen LogP contribution >= 0.6 is 11.6 Å². The Morgan fingerprint density at radius 1 is 1.44 bits per heavy atom. The molecular weight excluding hydrogens is 248 g/mol. The van der Waals surface area contributed by atoms with Crippen molar-refractivity contribution in [3.63, 3.8) is 0 Å². The Kier molecular flexibility index (Phi) is 4.44. The van der Waals surface area contributed by atoms with Crippen LogP contribution < -0.4 is 11.1 Å². The molecule has 0 unspecified atom stereocenters. The minimum atomic E-state index is -2.94. The number of nitrogens with one attached hydrogen (secondary N) is 1. The van der Waals surface area contributed by atoms with Gasteiger partial charge in [0, 0.05) is 17.3 Å². The van der Waals surface area contributed by atoms with Crippen LogP contribution in [0.25, 0.3) is 0 Å². The minimum Gasteiger partial charge on any atom is -0.397 e. The molecule has 6 heteroatoms. The summed E-state index contributed by atoms with van der Waals surface area (Å²) in [6, 6.07) is 5.06. The molecule has 0 aliphatic heterocycles. The first kappa shape index (κ1) is 13.1. The van der Waals surface area contributed by atoms with E-state index in [4.69, 9.17) is 17.3 Å². The first-order chi connectivity index (χ1) is 7.44. The van der Waals surface area contributed by atoms with Crippen LogP contribution in [0.2, 0.25) is 5.02 Å². The number of benzene rings is 1. The van der Waals surface area contributed by atoms with Crippen molar-refractivity contribution >= 4 is 32.8 Å². The van der Waals surface area contributed by atoms with Crippen molar-refractivity contribution < 1.29 is 8.42 Å².